The molecule has 9 nitrogen and oxygen atoms in total. The molecule has 0 aliphatic heterocycles. The summed E-state index contributed by atoms with van der Waals surface area (Å²) in [6.45, 7) is 4.59. The van der Waals surface area contributed by atoms with Gasteiger partial charge in [0.05, 0.1) is 35.9 Å². The van der Waals surface area contributed by atoms with Crippen molar-refractivity contribution >= 4 is 22.8 Å². The number of carbonyl (C=O) groups is 1. The van der Waals surface area contributed by atoms with Gasteiger partial charge in [-0.1, -0.05) is 6.07 Å². The molecular weight excluding hydrogens is 348 g/mol. The predicted molar refractivity (Wildman–Crippen MR) is 101 cm³/mol. The van der Waals surface area contributed by atoms with Crippen LogP contribution in [-0.2, 0) is 4.74 Å². The second-order valence-electron chi connectivity index (χ2n) is 5.89. The Balaban J connectivity index is 1.71. The Morgan fingerprint density at radius 2 is 2.22 bits per heavy atom. The minimum Gasteiger partial charge on any atom is -0.476 e. The van der Waals surface area contributed by atoms with Crippen LogP contribution < -0.4 is 15.4 Å². The number of amides is 2. The van der Waals surface area contributed by atoms with Gasteiger partial charge in [0.1, 0.15) is 5.82 Å². The third-order valence-electron chi connectivity index (χ3n) is 3.84. The highest BCUT2D eigenvalue weighted by Crippen LogP contribution is 2.23. The van der Waals surface area contributed by atoms with E-state index in [4.69, 9.17) is 9.47 Å². The zero-order valence-corrected chi connectivity index (χ0v) is 15.4. The van der Waals surface area contributed by atoms with E-state index >= 15 is 0 Å². The van der Waals surface area contributed by atoms with Crippen molar-refractivity contribution in [1.29, 1.82) is 0 Å². The van der Waals surface area contributed by atoms with E-state index in [0.717, 1.165) is 22.3 Å². The normalized spacial score (nSPS) is 12.0. The van der Waals surface area contributed by atoms with Gasteiger partial charge in [-0.05, 0) is 26.0 Å². The van der Waals surface area contributed by atoms with E-state index in [1.165, 1.54) is 0 Å². The Morgan fingerprint density at radius 3 is 2.96 bits per heavy atom. The number of aromatic amines is 1. The fourth-order valence-corrected chi connectivity index (χ4v) is 2.64. The maximum Gasteiger partial charge on any atom is 0.321 e. The number of aryl methyl sites for hydroxylation is 1. The summed E-state index contributed by atoms with van der Waals surface area (Å²) in [5, 5.41) is 13.3. The minimum atomic E-state index is -0.406. The lowest BCUT2D eigenvalue weighted by Crippen LogP contribution is -2.35. The smallest absolute Gasteiger partial charge is 0.321 e. The number of hydrogen-bond donors (Lipinski definition) is 3. The molecule has 142 valence electrons. The average Bonchev–Trinajstić information content (AvgIpc) is 3.04. The lowest BCUT2D eigenvalue weighted by molar-refractivity contribution is 0.166. The predicted octanol–water partition coefficient (Wildman–Crippen LogP) is 2.57. The molecule has 3 aromatic rings. The molecule has 0 spiro atoms. The summed E-state index contributed by atoms with van der Waals surface area (Å²) >= 11 is 0. The second-order valence-corrected chi connectivity index (χ2v) is 5.89. The van der Waals surface area contributed by atoms with Crippen LogP contribution in [0.1, 0.15) is 24.4 Å². The third kappa shape index (κ3) is 4.50. The van der Waals surface area contributed by atoms with Gasteiger partial charge < -0.3 is 14.8 Å². The summed E-state index contributed by atoms with van der Waals surface area (Å²) < 4.78 is 10.6. The molecule has 9 heteroatoms. The lowest BCUT2D eigenvalue weighted by Gasteiger charge is -2.18. The van der Waals surface area contributed by atoms with Gasteiger partial charge in [-0.2, -0.15) is 0 Å². The van der Waals surface area contributed by atoms with Crippen molar-refractivity contribution in [2.75, 3.05) is 25.6 Å². The minimum absolute atomic E-state index is 0.300. The molecule has 0 aromatic carbocycles. The first-order chi connectivity index (χ1) is 13.1. The molecule has 3 N–H and O–H groups in total. The van der Waals surface area contributed by atoms with Crippen molar-refractivity contribution in [2.45, 2.75) is 19.9 Å². The van der Waals surface area contributed by atoms with Crippen molar-refractivity contribution < 1.29 is 14.3 Å². The lowest BCUT2D eigenvalue weighted by atomic mass is 10.2. The zero-order chi connectivity index (χ0) is 19.2. The van der Waals surface area contributed by atoms with Gasteiger partial charge in [-0.25, -0.2) is 9.78 Å². The zero-order valence-electron chi connectivity index (χ0n) is 15.4. The number of nitrogens with zero attached hydrogens (tertiary/aromatic N) is 3. The monoisotopic (exact) mass is 370 g/mol. The summed E-state index contributed by atoms with van der Waals surface area (Å²) in [5.41, 5.74) is 2.31. The number of urea groups is 1. The number of fused-ring (bicyclic) bond motifs is 1. The topological polar surface area (TPSA) is 114 Å². The number of H-pyrrole nitrogens is 1. The first-order valence-electron chi connectivity index (χ1n) is 8.57. The molecule has 0 fully saturated rings. The maximum atomic E-state index is 12.4. The number of aromatic nitrogens is 4. The largest absolute Gasteiger partial charge is 0.476 e. The van der Waals surface area contributed by atoms with E-state index < -0.39 is 6.03 Å². The molecule has 3 aromatic heterocycles. The Kier molecular flexibility index (Phi) is 5.82. The summed E-state index contributed by atoms with van der Waals surface area (Å²) in [6.07, 6.45) is 1.61. The number of anilines is 1. The van der Waals surface area contributed by atoms with Crippen LogP contribution in [0.15, 0.2) is 30.5 Å². The van der Waals surface area contributed by atoms with E-state index in [1.54, 1.807) is 19.4 Å². The van der Waals surface area contributed by atoms with Gasteiger partial charge in [0.2, 0.25) is 5.88 Å². The van der Waals surface area contributed by atoms with Crippen molar-refractivity contribution in [3.05, 3.63) is 41.9 Å². The Morgan fingerprint density at radius 1 is 1.37 bits per heavy atom. The first kappa shape index (κ1) is 18.6. The molecule has 1 atom stereocenters. The van der Waals surface area contributed by atoms with Crippen molar-refractivity contribution in [3.63, 3.8) is 0 Å². The highest BCUT2D eigenvalue weighted by molar-refractivity contribution is 5.92. The average molecular weight is 370 g/mol. The Labute approximate surface area is 156 Å². The molecule has 3 heterocycles. The highest BCUT2D eigenvalue weighted by Gasteiger charge is 2.17. The van der Waals surface area contributed by atoms with Crippen molar-refractivity contribution in [2.24, 2.45) is 0 Å². The standard InChI is InChI=1S/C18H22N6O3/c1-4-27-17-12-9-19-16(8-14(12)23-24-17)22-18(25)21-15(10-26-3)13-7-5-6-11(2)20-13/h5-9,15H,4,10H2,1-3H3,(H,23,24)(H2,19,21,22,25)/t15-/m1/s1. The van der Waals surface area contributed by atoms with Gasteiger partial charge in [0.25, 0.3) is 0 Å². The van der Waals surface area contributed by atoms with Crippen molar-refractivity contribution in [1.82, 2.24) is 25.5 Å². The van der Waals surface area contributed by atoms with Crippen LogP contribution in [0.5, 0.6) is 5.88 Å². The van der Waals surface area contributed by atoms with Gasteiger partial charge >= 0.3 is 6.03 Å². The molecule has 27 heavy (non-hydrogen) atoms. The van der Waals surface area contributed by atoms with Gasteiger partial charge in [0, 0.05) is 25.1 Å². The number of methoxy groups -OCH3 is 1. The van der Waals surface area contributed by atoms with Crippen LogP contribution in [0.2, 0.25) is 0 Å². The van der Waals surface area contributed by atoms with Crippen LogP contribution in [0, 0.1) is 6.92 Å². The third-order valence-corrected chi connectivity index (χ3v) is 3.84. The van der Waals surface area contributed by atoms with E-state index in [-0.39, 0.29) is 6.04 Å². The van der Waals surface area contributed by atoms with Crippen LogP contribution in [0.25, 0.3) is 10.9 Å². The Hall–Kier alpha value is -3.20. The van der Waals surface area contributed by atoms with Crippen molar-refractivity contribution in [3.8, 4) is 5.88 Å². The first-order valence-corrected chi connectivity index (χ1v) is 8.57. The number of hydrogen-bond acceptors (Lipinski definition) is 6. The van der Waals surface area contributed by atoms with E-state index in [1.807, 2.05) is 32.0 Å². The van der Waals surface area contributed by atoms with Crippen LogP contribution >= 0.6 is 0 Å². The number of ether oxygens (including phenoxy) is 2. The highest BCUT2D eigenvalue weighted by atomic mass is 16.5. The fourth-order valence-electron chi connectivity index (χ4n) is 2.64. The molecule has 0 saturated carbocycles. The Bertz CT molecular complexity index is 926. The summed E-state index contributed by atoms with van der Waals surface area (Å²) in [7, 11) is 1.58. The van der Waals surface area contributed by atoms with Gasteiger partial charge in [-0.15, -0.1) is 5.10 Å². The SMILES string of the molecule is CCOc1n[nH]c2cc(NC(=O)N[C@H](COC)c3cccc(C)n3)ncc12. The fraction of sp³-hybridized carbons (Fsp3) is 0.333. The molecule has 0 aliphatic rings. The van der Waals surface area contributed by atoms with E-state index in [0.29, 0.717) is 24.9 Å². The quantitative estimate of drug-likeness (QED) is 0.589. The number of nitrogens with one attached hydrogen (secondary N) is 3. The van der Waals surface area contributed by atoms with Crippen LogP contribution in [-0.4, -0.2) is 46.5 Å². The molecule has 3 rings (SSSR count). The molecular formula is C18H22N6O3. The van der Waals surface area contributed by atoms with Crippen LogP contribution in [0.4, 0.5) is 10.6 Å². The van der Waals surface area contributed by atoms with E-state index in [2.05, 4.69) is 30.8 Å². The van der Waals surface area contributed by atoms with Crippen LogP contribution in [0.3, 0.4) is 0 Å². The maximum absolute atomic E-state index is 12.4. The summed E-state index contributed by atoms with van der Waals surface area (Å²) in [5.74, 6) is 0.877. The number of pyridine rings is 2. The summed E-state index contributed by atoms with van der Waals surface area (Å²) in [6, 6.07) is 6.55. The molecule has 0 unspecified atom stereocenters. The number of rotatable bonds is 7. The summed E-state index contributed by atoms with van der Waals surface area (Å²) in [4.78, 5) is 21.1. The van der Waals surface area contributed by atoms with Gasteiger partial charge in [-0.3, -0.25) is 15.4 Å². The second kappa shape index (κ2) is 8.45. The van der Waals surface area contributed by atoms with Gasteiger partial charge in [0.15, 0.2) is 0 Å². The molecule has 0 bridgehead atoms. The molecule has 0 saturated heterocycles. The molecule has 2 amide bonds. The van der Waals surface area contributed by atoms with E-state index in [9.17, 15) is 4.79 Å². The molecule has 0 radical (unpaired) electrons. The molecule has 0 aliphatic carbocycles. The number of carbonyl (C=O) groups excluding carboxylic acids is 1.